The molecule has 4 rings (SSSR count). The van der Waals surface area contributed by atoms with Crippen LogP contribution < -0.4 is 14.2 Å². The van der Waals surface area contributed by atoms with E-state index in [1.165, 1.54) is 0 Å². The lowest BCUT2D eigenvalue weighted by atomic mass is 9.95. The molecule has 0 spiro atoms. The second-order valence-corrected chi connectivity index (χ2v) is 6.54. The van der Waals surface area contributed by atoms with Crippen LogP contribution in [-0.2, 0) is 0 Å². The van der Waals surface area contributed by atoms with Crippen LogP contribution in [0.2, 0.25) is 0 Å². The lowest BCUT2D eigenvalue weighted by Gasteiger charge is -2.27. The quantitative estimate of drug-likeness (QED) is 0.557. The average molecular weight is 370 g/mol. The van der Waals surface area contributed by atoms with Crippen molar-refractivity contribution >= 4 is 12.2 Å². The first-order chi connectivity index (χ1) is 13.8. The van der Waals surface area contributed by atoms with E-state index in [-0.39, 0.29) is 6.10 Å². The van der Waals surface area contributed by atoms with E-state index in [0.717, 1.165) is 39.5 Å². The number of fused-ring (bicyclic) bond motifs is 1. The summed E-state index contributed by atoms with van der Waals surface area (Å²) in [4.78, 5) is 0. The van der Waals surface area contributed by atoms with Gasteiger partial charge >= 0.3 is 0 Å². The van der Waals surface area contributed by atoms with Crippen molar-refractivity contribution in [2.75, 3.05) is 14.2 Å². The standard InChI is InChI=1S/C25H22O3/c1-26-22-15-12-18(13-16-22)11-14-21-17-20-9-6-10-23(27-2)25(20)28-24(21)19-7-4-3-5-8-19/h3-17,24H,1-2H3/b14-11-. The number of methoxy groups -OCH3 is 2. The molecule has 28 heavy (non-hydrogen) atoms. The summed E-state index contributed by atoms with van der Waals surface area (Å²) in [6, 6.07) is 24.2. The summed E-state index contributed by atoms with van der Waals surface area (Å²) >= 11 is 0. The normalized spacial score (nSPS) is 15.5. The van der Waals surface area contributed by atoms with Crippen LogP contribution in [0.5, 0.6) is 17.2 Å². The molecular formula is C25H22O3. The number of benzene rings is 3. The summed E-state index contributed by atoms with van der Waals surface area (Å²) in [7, 11) is 3.34. The molecule has 0 saturated heterocycles. The molecule has 1 atom stereocenters. The molecule has 3 nitrogen and oxygen atoms in total. The highest BCUT2D eigenvalue weighted by Crippen LogP contribution is 2.43. The van der Waals surface area contributed by atoms with Crippen LogP contribution in [0.4, 0.5) is 0 Å². The molecule has 1 aliphatic rings. The van der Waals surface area contributed by atoms with Gasteiger partial charge in [0.05, 0.1) is 14.2 Å². The maximum Gasteiger partial charge on any atom is 0.169 e. The van der Waals surface area contributed by atoms with E-state index in [1.54, 1.807) is 14.2 Å². The van der Waals surface area contributed by atoms with Crippen LogP contribution in [0.15, 0.2) is 84.4 Å². The Kier molecular flexibility index (Phi) is 5.16. The largest absolute Gasteiger partial charge is 0.497 e. The van der Waals surface area contributed by atoms with Crippen molar-refractivity contribution in [3.8, 4) is 17.2 Å². The van der Waals surface area contributed by atoms with E-state index in [2.05, 4.69) is 30.4 Å². The van der Waals surface area contributed by atoms with Crippen LogP contribution in [0, 0.1) is 0 Å². The Hall–Kier alpha value is -3.46. The van der Waals surface area contributed by atoms with Gasteiger partial charge in [-0.25, -0.2) is 0 Å². The average Bonchev–Trinajstić information content (AvgIpc) is 2.77. The summed E-state index contributed by atoms with van der Waals surface area (Å²) in [5.74, 6) is 2.37. The maximum absolute atomic E-state index is 6.41. The van der Waals surface area contributed by atoms with Crippen molar-refractivity contribution in [1.29, 1.82) is 0 Å². The maximum atomic E-state index is 6.41. The molecule has 1 unspecified atom stereocenters. The van der Waals surface area contributed by atoms with E-state index in [0.29, 0.717) is 0 Å². The zero-order chi connectivity index (χ0) is 19.3. The van der Waals surface area contributed by atoms with Crippen LogP contribution in [0.3, 0.4) is 0 Å². The molecule has 0 aromatic heterocycles. The fraction of sp³-hybridized carbons (Fsp3) is 0.120. The third-order valence-corrected chi connectivity index (χ3v) is 4.78. The van der Waals surface area contributed by atoms with Crippen molar-refractivity contribution in [3.63, 3.8) is 0 Å². The Morgan fingerprint density at radius 2 is 1.57 bits per heavy atom. The Morgan fingerprint density at radius 3 is 2.29 bits per heavy atom. The van der Waals surface area contributed by atoms with Crippen LogP contribution in [0.25, 0.3) is 12.2 Å². The summed E-state index contributed by atoms with van der Waals surface area (Å²) in [6.45, 7) is 0. The van der Waals surface area contributed by atoms with Gasteiger partial charge in [-0.2, -0.15) is 0 Å². The molecule has 0 N–H and O–H groups in total. The molecule has 140 valence electrons. The van der Waals surface area contributed by atoms with Gasteiger partial charge in [0.2, 0.25) is 0 Å². The van der Waals surface area contributed by atoms with E-state index < -0.39 is 0 Å². The molecule has 0 radical (unpaired) electrons. The minimum atomic E-state index is -0.195. The summed E-state index contributed by atoms with van der Waals surface area (Å²) < 4.78 is 17.1. The van der Waals surface area contributed by atoms with E-state index in [4.69, 9.17) is 14.2 Å². The van der Waals surface area contributed by atoms with Crippen molar-refractivity contribution in [3.05, 3.63) is 101 Å². The first-order valence-electron chi connectivity index (χ1n) is 9.21. The summed E-state index contributed by atoms with van der Waals surface area (Å²) in [6.07, 6.45) is 6.18. The molecule has 0 amide bonds. The minimum Gasteiger partial charge on any atom is -0.497 e. The predicted molar refractivity (Wildman–Crippen MR) is 113 cm³/mol. The molecule has 1 heterocycles. The molecule has 1 aliphatic heterocycles. The summed E-state index contributed by atoms with van der Waals surface area (Å²) in [5.41, 5.74) is 4.30. The number of hydrogen-bond donors (Lipinski definition) is 0. The number of hydrogen-bond acceptors (Lipinski definition) is 3. The van der Waals surface area contributed by atoms with Gasteiger partial charge in [-0.1, -0.05) is 66.7 Å². The highest BCUT2D eigenvalue weighted by Gasteiger charge is 2.25. The molecule has 3 aromatic carbocycles. The predicted octanol–water partition coefficient (Wildman–Crippen LogP) is 5.93. The van der Waals surface area contributed by atoms with Gasteiger partial charge in [-0.15, -0.1) is 0 Å². The Bertz CT molecular complexity index is 1000. The fourth-order valence-electron chi connectivity index (χ4n) is 3.31. The van der Waals surface area contributed by atoms with Crippen LogP contribution >= 0.6 is 0 Å². The first-order valence-corrected chi connectivity index (χ1v) is 9.21. The molecule has 0 saturated carbocycles. The Balaban J connectivity index is 1.73. The monoisotopic (exact) mass is 370 g/mol. The van der Waals surface area contributed by atoms with Gasteiger partial charge in [0.25, 0.3) is 0 Å². The number of rotatable bonds is 5. The third kappa shape index (κ3) is 3.65. The molecular weight excluding hydrogens is 348 g/mol. The van der Waals surface area contributed by atoms with Crippen LogP contribution in [0.1, 0.15) is 22.8 Å². The summed E-state index contributed by atoms with van der Waals surface area (Å²) in [5, 5.41) is 0. The van der Waals surface area contributed by atoms with Gasteiger partial charge in [0.15, 0.2) is 11.5 Å². The zero-order valence-corrected chi connectivity index (χ0v) is 16.0. The van der Waals surface area contributed by atoms with Gasteiger partial charge in [0.1, 0.15) is 11.9 Å². The van der Waals surface area contributed by atoms with Crippen molar-refractivity contribution in [2.24, 2.45) is 0 Å². The SMILES string of the molecule is COc1ccc(/C=C\C2=Cc3cccc(OC)c3OC2c2ccccc2)cc1. The fourth-order valence-corrected chi connectivity index (χ4v) is 3.31. The van der Waals surface area contributed by atoms with Gasteiger partial charge < -0.3 is 14.2 Å². The molecule has 3 heteroatoms. The number of para-hydroxylation sites is 1. The highest BCUT2D eigenvalue weighted by atomic mass is 16.5. The molecule has 0 fully saturated rings. The van der Waals surface area contributed by atoms with Crippen molar-refractivity contribution < 1.29 is 14.2 Å². The van der Waals surface area contributed by atoms with Gasteiger partial charge in [-0.3, -0.25) is 0 Å². The smallest absolute Gasteiger partial charge is 0.169 e. The number of ether oxygens (including phenoxy) is 3. The van der Waals surface area contributed by atoms with E-state index in [9.17, 15) is 0 Å². The Labute approximate surface area is 165 Å². The highest BCUT2D eigenvalue weighted by molar-refractivity contribution is 5.71. The third-order valence-electron chi connectivity index (χ3n) is 4.78. The van der Waals surface area contributed by atoms with Crippen LogP contribution in [-0.4, -0.2) is 14.2 Å². The van der Waals surface area contributed by atoms with Crippen molar-refractivity contribution in [2.45, 2.75) is 6.10 Å². The van der Waals surface area contributed by atoms with Gasteiger partial charge in [0, 0.05) is 5.56 Å². The zero-order valence-electron chi connectivity index (χ0n) is 16.0. The second-order valence-electron chi connectivity index (χ2n) is 6.54. The topological polar surface area (TPSA) is 27.7 Å². The minimum absolute atomic E-state index is 0.195. The first kappa shape index (κ1) is 17.9. The lowest BCUT2D eigenvalue weighted by Crippen LogP contribution is -2.14. The lowest BCUT2D eigenvalue weighted by molar-refractivity contribution is 0.230. The second kappa shape index (κ2) is 8.05. The van der Waals surface area contributed by atoms with Crippen molar-refractivity contribution in [1.82, 2.24) is 0 Å². The molecule has 3 aromatic rings. The van der Waals surface area contributed by atoms with E-state index >= 15 is 0 Å². The van der Waals surface area contributed by atoms with E-state index in [1.807, 2.05) is 60.7 Å². The van der Waals surface area contributed by atoms with Gasteiger partial charge in [-0.05, 0) is 41.0 Å². The molecule has 0 aliphatic carbocycles. The molecule has 0 bridgehead atoms. The Morgan fingerprint density at radius 1 is 0.786 bits per heavy atom.